The highest BCUT2D eigenvalue weighted by molar-refractivity contribution is 5.93. The van der Waals surface area contributed by atoms with Crippen LogP contribution in [-0.2, 0) is 14.2 Å². The molecule has 1 aromatic heterocycles. The molecule has 1 fully saturated rings. The van der Waals surface area contributed by atoms with E-state index in [9.17, 15) is 9.59 Å². The second kappa shape index (κ2) is 9.83. The predicted molar refractivity (Wildman–Crippen MR) is 122 cm³/mol. The number of rotatable bonds is 7. The van der Waals surface area contributed by atoms with Gasteiger partial charge in [0.15, 0.2) is 12.5 Å². The fraction of sp³-hybridized carbons (Fsp3) is 0.542. The molecule has 8 nitrogen and oxygen atoms in total. The molecule has 32 heavy (non-hydrogen) atoms. The van der Waals surface area contributed by atoms with Crippen molar-refractivity contribution in [3.05, 3.63) is 57.1 Å². The largest absolute Gasteiger partial charge is 0.457 e. The summed E-state index contributed by atoms with van der Waals surface area (Å²) in [4.78, 5) is 28.9. The first-order valence-electron chi connectivity index (χ1n) is 11.0. The van der Waals surface area contributed by atoms with Crippen LogP contribution in [0.1, 0.15) is 92.6 Å². The van der Waals surface area contributed by atoms with Gasteiger partial charge in [-0.15, -0.1) is 0 Å². The number of nitrogens with zero attached hydrogens (tertiary/aromatic N) is 2. The maximum absolute atomic E-state index is 13.2. The van der Waals surface area contributed by atoms with Gasteiger partial charge in [-0.1, -0.05) is 53.7 Å². The summed E-state index contributed by atoms with van der Waals surface area (Å²) in [5.74, 6) is 0.443. The molecule has 0 saturated carbocycles. The minimum absolute atomic E-state index is 0.0759. The van der Waals surface area contributed by atoms with E-state index in [1.54, 1.807) is 0 Å². The molecule has 0 radical (unpaired) electrons. The molecule has 174 valence electrons. The van der Waals surface area contributed by atoms with E-state index in [2.05, 4.69) is 58.7 Å². The van der Waals surface area contributed by atoms with E-state index in [0.29, 0.717) is 11.5 Å². The van der Waals surface area contributed by atoms with Crippen LogP contribution in [0.25, 0.3) is 0 Å². The third-order valence-electron chi connectivity index (χ3n) is 5.58. The average molecular weight is 444 g/mol. The third kappa shape index (κ3) is 5.19. The summed E-state index contributed by atoms with van der Waals surface area (Å²) < 4.78 is 18.2. The van der Waals surface area contributed by atoms with Crippen LogP contribution in [0.4, 0.5) is 5.82 Å². The van der Waals surface area contributed by atoms with Gasteiger partial charge < -0.3 is 19.9 Å². The molecule has 1 aliphatic heterocycles. The minimum atomic E-state index is -0.770. The molecule has 0 spiro atoms. The Kier molecular flexibility index (Phi) is 7.36. The maximum Gasteiger partial charge on any atom is 0.351 e. The Morgan fingerprint density at radius 3 is 2.31 bits per heavy atom. The van der Waals surface area contributed by atoms with Crippen molar-refractivity contribution >= 4 is 11.8 Å². The molecule has 2 atom stereocenters. The minimum Gasteiger partial charge on any atom is -0.457 e. The van der Waals surface area contributed by atoms with Crippen molar-refractivity contribution in [2.45, 2.75) is 71.8 Å². The fourth-order valence-electron chi connectivity index (χ4n) is 3.73. The van der Waals surface area contributed by atoms with Crippen LogP contribution in [0.15, 0.2) is 29.2 Å². The van der Waals surface area contributed by atoms with Crippen LogP contribution < -0.4 is 11.4 Å². The normalized spacial score (nSPS) is 18.7. The molecule has 3 rings (SSSR count). The number of hydrogen-bond donors (Lipinski definition) is 1. The van der Waals surface area contributed by atoms with Gasteiger partial charge in [-0.25, -0.2) is 9.59 Å². The molecule has 1 aromatic carbocycles. The van der Waals surface area contributed by atoms with Crippen molar-refractivity contribution in [1.29, 1.82) is 0 Å². The number of hydrogen-bond acceptors (Lipinski definition) is 7. The van der Waals surface area contributed by atoms with Crippen molar-refractivity contribution in [3.8, 4) is 0 Å². The van der Waals surface area contributed by atoms with Crippen LogP contribution >= 0.6 is 0 Å². The standard InChI is InChI=1S/C24H33N3O5/c1-13(2)16-9-17(14(3)4)22(18(10-16)15(5)6)23(28)31-12-21-30-11-20(32-21)27-8-7-19(25)26-24(27)29/h7-10,13-15,20-21H,11-12H2,1-6H3,(H2,25,26,29)/t20-,21-/m0/s1. The zero-order valence-corrected chi connectivity index (χ0v) is 19.6. The van der Waals surface area contributed by atoms with Crippen molar-refractivity contribution in [1.82, 2.24) is 9.55 Å². The number of nitrogen functional groups attached to an aromatic ring is 1. The Bertz CT molecular complexity index is 1000. The van der Waals surface area contributed by atoms with Gasteiger partial charge in [0.1, 0.15) is 12.4 Å². The predicted octanol–water partition coefficient (Wildman–Crippen LogP) is 3.92. The molecule has 0 aliphatic carbocycles. The first-order chi connectivity index (χ1) is 15.1. The van der Waals surface area contributed by atoms with Crippen LogP contribution in [0.2, 0.25) is 0 Å². The number of esters is 1. The van der Waals surface area contributed by atoms with Gasteiger partial charge in [-0.3, -0.25) is 4.57 Å². The Morgan fingerprint density at radius 2 is 1.78 bits per heavy atom. The smallest absolute Gasteiger partial charge is 0.351 e. The third-order valence-corrected chi connectivity index (χ3v) is 5.58. The molecular formula is C24H33N3O5. The molecule has 2 aromatic rings. The highest BCUT2D eigenvalue weighted by atomic mass is 16.7. The van der Waals surface area contributed by atoms with Crippen LogP contribution in [-0.4, -0.2) is 35.0 Å². The quantitative estimate of drug-likeness (QED) is 0.646. The lowest BCUT2D eigenvalue weighted by Crippen LogP contribution is -2.29. The van der Waals surface area contributed by atoms with Gasteiger partial charge in [0.25, 0.3) is 0 Å². The van der Waals surface area contributed by atoms with Crippen molar-refractivity contribution < 1.29 is 19.0 Å². The van der Waals surface area contributed by atoms with E-state index < -0.39 is 24.2 Å². The summed E-state index contributed by atoms with van der Waals surface area (Å²) >= 11 is 0. The zero-order valence-electron chi connectivity index (χ0n) is 19.6. The van der Waals surface area contributed by atoms with Crippen LogP contribution in [0.5, 0.6) is 0 Å². The van der Waals surface area contributed by atoms with Gasteiger partial charge in [0.2, 0.25) is 0 Å². The molecule has 2 N–H and O–H groups in total. The number of anilines is 1. The Labute approximate surface area is 188 Å². The topological polar surface area (TPSA) is 106 Å². The molecule has 0 amide bonds. The number of benzene rings is 1. The Hall–Kier alpha value is -2.71. The number of carbonyl (C=O) groups is 1. The lowest BCUT2D eigenvalue weighted by atomic mass is 9.84. The summed E-state index contributed by atoms with van der Waals surface area (Å²) in [6.45, 7) is 12.7. The van der Waals surface area contributed by atoms with Crippen LogP contribution in [0.3, 0.4) is 0 Å². The second-order valence-corrected chi connectivity index (χ2v) is 9.03. The Morgan fingerprint density at radius 1 is 1.16 bits per heavy atom. The highest BCUT2D eigenvalue weighted by Gasteiger charge is 2.30. The first kappa shape index (κ1) is 23.9. The van der Waals surface area contributed by atoms with E-state index in [1.807, 2.05) is 0 Å². The lowest BCUT2D eigenvalue weighted by Gasteiger charge is -2.22. The molecule has 1 aliphatic rings. The van der Waals surface area contributed by atoms with E-state index in [-0.39, 0.29) is 30.9 Å². The van der Waals surface area contributed by atoms with Crippen molar-refractivity contribution in [2.75, 3.05) is 18.9 Å². The lowest BCUT2D eigenvalue weighted by molar-refractivity contribution is -0.103. The molecule has 0 unspecified atom stereocenters. The molecule has 8 heteroatoms. The Balaban J connectivity index is 1.75. The second-order valence-electron chi connectivity index (χ2n) is 9.03. The SMILES string of the molecule is CC(C)c1cc(C(C)C)c(C(=O)OC[C@H]2OC[C@@H](n3ccc(N)nc3=O)O2)c(C(C)C)c1. The van der Waals surface area contributed by atoms with E-state index >= 15 is 0 Å². The summed E-state index contributed by atoms with van der Waals surface area (Å²) in [6.07, 6.45) is 0.0862. The van der Waals surface area contributed by atoms with E-state index in [0.717, 1.165) is 11.1 Å². The molecule has 0 bridgehead atoms. The number of carbonyl (C=O) groups excluding carboxylic acids is 1. The summed E-state index contributed by atoms with van der Waals surface area (Å²) in [5, 5.41) is 0. The zero-order chi connectivity index (χ0) is 23.6. The number of ether oxygens (including phenoxy) is 3. The maximum atomic E-state index is 13.2. The average Bonchev–Trinajstić information content (AvgIpc) is 3.19. The summed E-state index contributed by atoms with van der Waals surface area (Å²) in [6, 6.07) is 5.73. The molecule has 2 heterocycles. The van der Waals surface area contributed by atoms with E-state index in [1.165, 1.54) is 22.4 Å². The summed E-state index contributed by atoms with van der Waals surface area (Å²) in [5.41, 5.74) is 8.80. The van der Waals surface area contributed by atoms with Gasteiger partial charge in [-0.2, -0.15) is 4.98 Å². The van der Waals surface area contributed by atoms with Crippen molar-refractivity contribution in [2.24, 2.45) is 0 Å². The monoisotopic (exact) mass is 443 g/mol. The summed E-state index contributed by atoms with van der Waals surface area (Å²) in [7, 11) is 0. The highest BCUT2D eigenvalue weighted by Crippen LogP contribution is 2.33. The van der Waals surface area contributed by atoms with E-state index in [4.69, 9.17) is 19.9 Å². The molecular weight excluding hydrogens is 410 g/mol. The van der Waals surface area contributed by atoms with Gasteiger partial charge in [0.05, 0.1) is 12.2 Å². The van der Waals surface area contributed by atoms with Gasteiger partial charge in [0, 0.05) is 6.20 Å². The number of nitrogens with two attached hydrogens (primary N) is 1. The number of aromatic nitrogens is 2. The fourth-order valence-corrected chi connectivity index (χ4v) is 3.73. The van der Waals surface area contributed by atoms with Gasteiger partial charge >= 0.3 is 11.7 Å². The van der Waals surface area contributed by atoms with Gasteiger partial charge in [-0.05, 0) is 40.5 Å². The van der Waals surface area contributed by atoms with Crippen LogP contribution in [0, 0.1) is 0 Å². The van der Waals surface area contributed by atoms with Crippen molar-refractivity contribution in [3.63, 3.8) is 0 Å². The first-order valence-corrected chi connectivity index (χ1v) is 11.0. The molecule has 1 saturated heterocycles.